The Hall–Kier alpha value is -1.10. The number of ether oxygens (including phenoxy) is 1. The number of carbonyl (C=O) groups excluding carboxylic acids is 1. The zero-order valence-corrected chi connectivity index (χ0v) is 9.98. The zero-order valence-electron chi connectivity index (χ0n) is 9.23. The van der Waals surface area contributed by atoms with E-state index in [0.717, 1.165) is 5.56 Å². The van der Waals surface area contributed by atoms with Gasteiger partial charge in [-0.05, 0) is 6.07 Å². The van der Waals surface area contributed by atoms with E-state index < -0.39 is 12.1 Å². The molecule has 0 bridgehead atoms. The molecule has 2 N–H and O–H groups in total. The van der Waals surface area contributed by atoms with Crippen molar-refractivity contribution in [3.63, 3.8) is 0 Å². The number of esters is 1. The quantitative estimate of drug-likeness (QED) is 0.795. The van der Waals surface area contributed by atoms with Gasteiger partial charge in [0.25, 0.3) is 0 Å². The summed E-state index contributed by atoms with van der Waals surface area (Å²) in [5.74, 6) is -0.346. The Kier molecular flexibility index (Phi) is 3.99. The van der Waals surface area contributed by atoms with Crippen molar-refractivity contribution < 1.29 is 14.6 Å². The molecule has 0 aliphatic carbocycles. The summed E-state index contributed by atoms with van der Waals surface area (Å²) >= 11 is 5.94. The molecule has 1 saturated heterocycles. The minimum atomic E-state index is -0.465. The van der Waals surface area contributed by atoms with Crippen molar-refractivity contribution in [2.75, 3.05) is 6.54 Å². The number of benzene rings is 1. The van der Waals surface area contributed by atoms with Crippen LogP contribution in [0.1, 0.15) is 12.0 Å². The average Bonchev–Trinajstić information content (AvgIpc) is 2.74. The highest BCUT2D eigenvalue weighted by molar-refractivity contribution is 6.31. The van der Waals surface area contributed by atoms with Gasteiger partial charge >= 0.3 is 5.97 Å². The molecule has 17 heavy (non-hydrogen) atoms. The second kappa shape index (κ2) is 5.49. The number of nitrogens with one attached hydrogen (secondary N) is 1. The first-order valence-corrected chi connectivity index (χ1v) is 5.86. The van der Waals surface area contributed by atoms with Gasteiger partial charge in [0.2, 0.25) is 0 Å². The number of hydrogen-bond donors (Lipinski definition) is 2. The van der Waals surface area contributed by atoms with E-state index in [1.54, 1.807) is 6.07 Å². The number of rotatable bonds is 3. The molecule has 92 valence electrons. The van der Waals surface area contributed by atoms with Crippen LogP contribution in [-0.2, 0) is 16.1 Å². The lowest BCUT2D eigenvalue weighted by molar-refractivity contribution is -0.147. The Morgan fingerprint density at radius 1 is 1.53 bits per heavy atom. The van der Waals surface area contributed by atoms with Gasteiger partial charge in [0.15, 0.2) is 0 Å². The van der Waals surface area contributed by atoms with E-state index in [1.807, 2.05) is 18.2 Å². The van der Waals surface area contributed by atoms with Gasteiger partial charge in [-0.1, -0.05) is 29.8 Å². The Labute approximate surface area is 105 Å². The second-order valence-corrected chi connectivity index (χ2v) is 4.46. The van der Waals surface area contributed by atoms with E-state index in [1.165, 1.54) is 0 Å². The fraction of sp³-hybridized carbons (Fsp3) is 0.417. The van der Waals surface area contributed by atoms with Gasteiger partial charge < -0.3 is 15.2 Å². The third kappa shape index (κ3) is 3.19. The van der Waals surface area contributed by atoms with E-state index in [9.17, 15) is 9.90 Å². The predicted molar refractivity (Wildman–Crippen MR) is 63.7 cm³/mol. The smallest absolute Gasteiger partial charge is 0.323 e. The van der Waals surface area contributed by atoms with Crippen LogP contribution in [0.2, 0.25) is 5.02 Å². The summed E-state index contributed by atoms with van der Waals surface area (Å²) in [6.07, 6.45) is -0.0608. The average molecular weight is 256 g/mol. The van der Waals surface area contributed by atoms with Gasteiger partial charge in [-0.2, -0.15) is 0 Å². The first-order chi connectivity index (χ1) is 8.16. The lowest BCUT2D eigenvalue weighted by atomic mass is 10.2. The van der Waals surface area contributed by atoms with Crippen LogP contribution in [0.15, 0.2) is 24.3 Å². The Bertz CT molecular complexity index is 410. The van der Waals surface area contributed by atoms with E-state index in [0.29, 0.717) is 18.0 Å². The molecule has 1 aromatic carbocycles. The molecule has 0 saturated carbocycles. The van der Waals surface area contributed by atoms with Gasteiger partial charge in [-0.25, -0.2) is 0 Å². The number of hydrogen-bond acceptors (Lipinski definition) is 4. The molecule has 1 aliphatic heterocycles. The highest BCUT2D eigenvalue weighted by Crippen LogP contribution is 2.16. The largest absolute Gasteiger partial charge is 0.460 e. The van der Waals surface area contributed by atoms with Crippen molar-refractivity contribution in [1.82, 2.24) is 5.32 Å². The van der Waals surface area contributed by atoms with Gasteiger partial charge in [-0.3, -0.25) is 4.79 Å². The van der Waals surface area contributed by atoms with Crippen LogP contribution in [-0.4, -0.2) is 29.8 Å². The lowest BCUT2D eigenvalue weighted by Crippen LogP contribution is -2.32. The topological polar surface area (TPSA) is 58.6 Å². The molecule has 1 aromatic rings. The molecule has 0 unspecified atom stereocenters. The van der Waals surface area contributed by atoms with Crippen LogP contribution in [0.5, 0.6) is 0 Å². The van der Waals surface area contributed by atoms with Gasteiger partial charge in [0, 0.05) is 23.6 Å². The summed E-state index contributed by atoms with van der Waals surface area (Å²) in [4.78, 5) is 11.6. The maximum Gasteiger partial charge on any atom is 0.323 e. The van der Waals surface area contributed by atoms with Crippen molar-refractivity contribution in [3.05, 3.63) is 34.9 Å². The molecule has 4 nitrogen and oxygen atoms in total. The molecule has 2 rings (SSSR count). The van der Waals surface area contributed by atoms with Gasteiger partial charge in [0.05, 0.1) is 6.10 Å². The minimum Gasteiger partial charge on any atom is -0.460 e. The van der Waals surface area contributed by atoms with Crippen LogP contribution < -0.4 is 5.32 Å². The number of carbonyl (C=O) groups is 1. The number of aliphatic hydroxyl groups is 1. The summed E-state index contributed by atoms with van der Waals surface area (Å²) in [6, 6.07) is 6.82. The normalized spacial score (nSPS) is 23.6. The van der Waals surface area contributed by atoms with Crippen LogP contribution in [0.25, 0.3) is 0 Å². The Morgan fingerprint density at radius 3 is 2.94 bits per heavy atom. The van der Waals surface area contributed by atoms with Crippen molar-refractivity contribution in [2.45, 2.75) is 25.2 Å². The zero-order chi connectivity index (χ0) is 12.3. The Morgan fingerprint density at radius 2 is 2.29 bits per heavy atom. The molecular weight excluding hydrogens is 242 g/mol. The molecule has 0 spiro atoms. The maximum atomic E-state index is 11.6. The summed E-state index contributed by atoms with van der Waals surface area (Å²) in [6.45, 7) is 0.596. The van der Waals surface area contributed by atoms with Gasteiger partial charge in [-0.15, -0.1) is 0 Å². The molecule has 1 aliphatic rings. The van der Waals surface area contributed by atoms with Crippen molar-refractivity contribution in [3.8, 4) is 0 Å². The minimum absolute atomic E-state index is 0.160. The van der Waals surface area contributed by atoms with Crippen molar-refractivity contribution >= 4 is 17.6 Å². The van der Waals surface area contributed by atoms with E-state index in [2.05, 4.69) is 5.32 Å². The predicted octanol–water partition coefficient (Wildman–Crippen LogP) is 1.11. The molecule has 5 heteroatoms. The standard InChI is InChI=1S/C12H14ClNO3/c13-10-4-2-1-3-8(10)7-17-12(16)11-5-9(15)6-14-11/h1-4,9,11,14-15H,5-7H2/t9-,11+/m1/s1. The number of halogens is 1. The molecule has 0 aromatic heterocycles. The molecule has 1 fully saturated rings. The lowest BCUT2D eigenvalue weighted by Gasteiger charge is -2.10. The highest BCUT2D eigenvalue weighted by atomic mass is 35.5. The van der Waals surface area contributed by atoms with E-state index >= 15 is 0 Å². The van der Waals surface area contributed by atoms with E-state index in [4.69, 9.17) is 16.3 Å². The highest BCUT2D eigenvalue weighted by Gasteiger charge is 2.29. The Balaban J connectivity index is 1.86. The molecule has 1 heterocycles. The number of aliphatic hydroxyl groups excluding tert-OH is 1. The third-order valence-electron chi connectivity index (χ3n) is 2.72. The summed E-state index contributed by atoms with van der Waals surface area (Å²) in [5.41, 5.74) is 0.779. The third-order valence-corrected chi connectivity index (χ3v) is 3.09. The second-order valence-electron chi connectivity index (χ2n) is 4.05. The first-order valence-electron chi connectivity index (χ1n) is 5.48. The first kappa shape index (κ1) is 12.4. The van der Waals surface area contributed by atoms with Crippen LogP contribution in [0.3, 0.4) is 0 Å². The fourth-order valence-corrected chi connectivity index (χ4v) is 1.95. The fourth-order valence-electron chi connectivity index (χ4n) is 1.76. The summed E-state index contributed by atoms with van der Waals surface area (Å²) in [5, 5.41) is 12.8. The molecular formula is C12H14ClNO3. The summed E-state index contributed by atoms with van der Waals surface area (Å²) in [7, 11) is 0. The van der Waals surface area contributed by atoms with Crippen LogP contribution >= 0.6 is 11.6 Å². The molecule has 0 radical (unpaired) electrons. The maximum absolute atomic E-state index is 11.6. The van der Waals surface area contributed by atoms with Gasteiger partial charge in [0.1, 0.15) is 12.6 Å². The van der Waals surface area contributed by atoms with Crippen molar-refractivity contribution in [1.29, 1.82) is 0 Å². The SMILES string of the molecule is O=C(OCc1ccccc1Cl)[C@@H]1C[C@@H](O)CN1. The molecule has 2 atom stereocenters. The summed E-state index contributed by atoms with van der Waals surface area (Å²) < 4.78 is 5.14. The molecule has 0 amide bonds. The van der Waals surface area contributed by atoms with Crippen LogP contribution in [0, 0.1) is 0 Å². The number of β-amino-alcohol motifs (C(OH)–C–C–N with tert-alkyl or cyclic N) is 1. The monoisotopic (exact) mass is 255 g/mol. The van der Waals surface area contributed by atoms with Crippen molar-refractivity contribution in [2.24, 2.45) is 0 Å². The van der Waals surface area contributed by atoms with Crippen LogP contribution in [0.4, 0.5) is 0 Å². The van der Waals surface area contributed by atoms with E-state index in [-0.39, 0.29) is 12.6 Å².